The minimum Gasteiger partial charge on any atom is -0.444 e. The number of thiazole rings is 1. The average molecular weight is 378 g/mol. The lowest BCUT2D eigenvalue weighted by molar-refractivity contribution is 0.0292. The lowest BCUT2D eigenvalue weighted by Crippen LogP contribution is -2.41. The van der Waals surface area contributed by atoms with Crippen molar-refractivity contribution in [3.05, 3.63) is 15.6 Å². The molecule has 26 heavy (non-hydrogen) atoms. The van der Waals surface area contributed by atoms with Crippen LogP contribution in [0.15, 0.2) is 0 Å². The quantitative estimate of drug-likeness (QED) is 0.786. The van der Waals surface area contributed by atoms with E-state index in [1.807, 2.05) is 37.0 Å². The molecule has 2 aliphatic heterocycles. The van der Waals surface area contributed by atoms with E-state index in [0.29, 0.717) is 5.92 Å². The number of amides is 1. The van der Waals surface area contributed by atoms with Gasteiger partial charge in [-0.2, -0.15) is 0 Å². The topological polar surface area (TPSA) is 45.7 Å². The van der Waals surface area contributed by atoms with Gasteiger partial charge in [0.05, 0.1) is 10.7 Å². The fourth-order valence-electron chi connectivity index (χ4n) is 4.15. The summed E-state index contributed by atoms with van der Waals surface area (Å²) in [5.74, 6) is 0.377. The molecule has 1 saturated carbocycles. The van der Waals surface area contributed by atoms with Crippen molar-refractivity contribution in [2.45, 2.75) is 76.9 Å². The highest BCUT2D eigenvalue weighted by atomic mass is 32.1. The number of ether oxygens (including phenoxy) is 1. The van der Waals surface area contributed by atoms with E-state index < -0.39 is 5.60 Å². The van der Waals surface area contributed by atoms with Crippen LogP contribution in [0, 0.1) is 0 Å². The molecule has 5 nitrogen and oxygen atoms in total. The van der Waals surface area contributed by atoms with Crippen molar-refractivity contribution in [2.75, 3.05) is 26.2 Å². The Morgan fingerprint density at radius 3 is 2.62 bits per heavy atom. The molecule has 1 atom stereocenters. The van der Waals surface area contributed by atoms with Crippen molar-refractivity contribution in [1.29, 1.82) is 0 Å². The largest absolute Gasteiger partial charge is 0.444 e. The number of hydrogen-bond acceptors (Lipinski definition) is 5. The SMILES string of the molecule is CC(C)(C)OC(=O)N1CCC(c2nc3c(s2)CCN(C2CCC2)CC3)C1. The molecular weight excluding hydrogens is 346 g/mol. The van der Waals surface area contributed by atoms with E-state index in [1.165, 1.54) is 41.4 Å². The maximum absolute atomic E-state index is 12.3. The van der Waals surface area contributed by atoms with Crippen LogP contribution < -0.4 is 0 Å². The molecule has 0 radical (unpaired) electrons. The number of likely N-dealkylation sites (tertiary alicyclic amines) is 1. The smallest absolute Gasteiger partial charge is 0.410 e. The normalized spacial score (nSPS) is 24.9. The summed E-state index contributed by atoms with van der Waals surface area (Å²) in [7, 11) is 0. The number of aromatic nitrogens is 1. The predicted molar refractivity (Wildman–Crippen MR) is 104 cm³/mol. The molecule has 2 fully saturated rings. The summed E-state index contributed by atoms with van der Waals surface area (Å²) in [6.45, 7) is 9.63. The maximum atomic E-state index is 12.3. The Kier molecular flexibility index (Phi) is 4.99. The molecule has 0 bridgehead atoms. The summed E-state index contributed by atoms with van der Waals surface area (Å²) >= 11 is 1.90. The monoisotopic (exact) mass is 377 g/mol. The number of fused-ring (bicyclic) bond motifs is 1. The van der Waals surface area contributed by atoms with Gasteiger partial charge >= 0.3 is 6.09 Å². The van der Waals surface area contributed by atoms with Gasteiger partial charge in [0.15, 0.2) is 0 Å². The fraction of sp³-hybridized carbons (Fsp3) is 0.800. The van der Waals surface area contributed by atoms with Gasteiger partial charge in [0, 0.05) is 49.4 Å². The van der Waals surface area contributed by atoms with Crippen molar-refractivity contribution in [3.8, 4) is 0 Å². The first kappa shape index (κ1) is 18.2. The Hall–Kier alpha value is -1.14. The average Bonchev–Trinajstić information content (AvgIpc) is 3.10. The van der Waals surface area contributed by atoms with Gasteiger partial charge < -0.3 is 9.64 Å². The molecule has 1 aromatic heterocycles. The van der Waals surface area contributed by atoms with Gasteiger partial charge in [-0.3, -0.25) is 4.90 Å². The zero-order chi connectivity index (χ0) is 18.3. The molecule has 0 spiro atoms. The second-order valence-corrected chi connectivity index (χ2v) is 10.1. The van der Waals surface area contributed by atoms with Crippen LogP contribution in [0.4, 0.5) is 4.79 Å². The van der Waals surface area contributed by atoms with Gasteiger partial charge in [-0.05, 0) is 46.5 Å². The summed E-state index contributed by atoms with van der Waals surface area (Å²) in [6, 6.07) is 0.834. The van der Waals surface area contributed by atoms with Crippen LogP contribution >= 0.6 is 11.3 Å². The molecule has 1 aromatic rings. The molecular formula is C20H31N3O2S. The first-order chi connectivity index (χ1) is 12.4. The highest BCUT2D eigenvalue weighted by molar-refractivity contribution is 7.11. The number of hydrogen-bond donors (Lipinski definition) is 0. The molecule has 1 unspecified atom stereocenters. The van der Waals surface area contributed by atoms with Crippen molar-refractivity contribution < 1.29 is 9.53 Å². The van der Waals surface area contributed by atoms with Crippen LogP contribution in [0.3, 0.4) is 0 Å². The van der Waals surface area contributed by atoms with Gasteiger partial charge in [-0.25, -0.2) is 9.78 Å². The first-order valence-electron chi connectivity index (χ1n) is 10.1. The number of nitrogens with zero attached hydrogens (tertiary/aromatic N) is 3. The minimum atomic E-state index is -0.431. The van der Waals surface area contributed by atoms with Crippen LogP contribution in [0.1, 0.15) is 68.0 Å². The third kappa shape index (κ3) is 3.91. The number of carbonyl (C=O) groups excluding carboxylic acids is 1. The van der Waals surface area contributed by atoms with Crippen molar-refractivity contribution >= 4 is 17.4 Å². The van der Waals surface area contributed by atoms with Crippen molar-refractivity contribution in [1.82, 2.24) is 14.8 Å². The first-order valence-corrected chi connectivity index (χ1v) is 10.9. The summed E-state index contributed by atoms with van der Waals surface area (Å²) in [6.07, 6.45) is 7.22. The summed E-state index contributed by atoms with van der Waals surface area (Å²) < 4.78 is 5.52. The van der Waals surface area contributed by atoms with Crippen molar-refractivity contribution in [2.24, 2.45) is 0 Å². The predicted octanol–water partition coefficient (Wildman–Crippen LogP) is 3.82. The zero-order valence-electron chi connectivity index (χ0n) is 16.3. The van der Waals surface area contributed by atoms with E-state index in [-0.39, 0.29) is 6.09 Å². The lowest BCUT2D eigenvalue weighted by atomic mass is 9.91. The Morgan fingerprint density at radius 1 is 1.15 bits per heavy atom. The van der Waals surface area contributed by atoms with Gasteiger partial charge in [0.1, 0.15) is 5.60 Å². The lowest BCUT2D eigenvalue weighted by Gasteiger charge is -2.36. The minimum absolute atomic E-state index is 0.186. The summed E-state index contributed by atoms with van der Waals surface area (Å²) in [4.78, 5) is 23.3. The number of rotatable bonds is 2. The van der Waals surface area contributed by atoms with E-state index >= 15 is 0 Å². The third-order valence-corrected chi connectivity index (χ3v) is 7.16. The van der Waals surface area contributed by atoms with Crippen LogP contribution in [-0.4, -0.2) is 58.7 Å². The van der Waals surface area contributed by atoms with Crippen molar-refractivity contribution in [3.63, 3.8) is 0 Å². The molecule has 6 heteroatoms. The van der Waals surface area contributed by atoms with Crippen LogP contribution in [0.2, 0.25) is 0 Å². The second-order valence-electron chi connectivity index (χ2n) is 8.95. The molecule has 1 aliphatic carbocycles. The molecule has 144 valence electrons. The molecule has 0 aromatic carbocycles. The molecule has 3 heterocycles. The van der Waals surface area contributed by atoms with E-state index in [0.717, 1.165) is 44.9 Å². The van der Waals surface area contributed by atoms with E-state index in [2.05, 4.69) is 4.90 Å². The molecule has 0 N–H and O–H groups in total. The molecule has 1 amide bonds. The maximum Gasteiger partial charge on any atom is 0.410 e. The van der Waals surface area contributed by atoms with Gasteiger partial charge in [0.25, 0.3) is 0 Å². The Labute approximate surface area is 160 Å². The molecule has 4 rings (SSSR count). The van der Waals surface area contributed by atoms with Gasteiger partial charge in [-0.1, -0.05) is 6.42 Å². The van der Waals surface area contributed by atoms with E-state index in [9.17, 15) is 4.79 Å². The Bertz CT molecular complexity index is 637. The van der Waals surface area contributed by atoms with Crippen LogP contribution in [0.25, 0.3) is 0 Å². The highest BCUT2D eigenvalue weighted by Crippen LogP contribution is 2.35. The van der Waals surface area contributed by atoms with Crippen LogP contribution in [0.5, 0.6) is 0 Å². The van der Waals surface area contributed by atoms with Gasteiger partial charge in [0.2, 0.25) is 0 Å². The van der Waals surface area contributed by atoms with Crippen LogP contribution in [-0.2, 0) is 17.6 Å². The molecule has 3 aliphatic rings. The standard InChI is InChI=1S/C20H31N3O2S/c1-20(2,3)25-19(24)23-10-7-14(13-23)18-21-16-8-11-22(15-5-4-6-15)12-9-17(16)26-18/h14-15H,4-13H2,1-3H3. The van der Waals surface area contributed by atoms with E-state index in [1.54, 1.807) is 0 Å². The second kappa shape index (κ2) is 7.12. The third-order valence-electron chi connectivity index (χ3n) is 5.84. The summed E-state index contributed by atoms with van der Waals surface area (Å²) in [5.41, 5.74) is 0.891. The Balaban J connectivity index is 1.36. The molecule has 1 saturated heterocycles. The highest BCUT2D eigenvalue weighted by Gasteiger charge is 2.33. The van der Waals surface area contributed by atoms with E-state index in [4.69, 9.17) is 9.72 Å². The zero-order valence-corrected chi connectivity index (χ0v) is 17.1. The number of carbonyl (C=O) groups is 1. The van der Waals surface area contributed by atoms with Gasteiger partial charge in [-0.15, -0.1) is 11.3 Å². The summed E-state index contributed by atoms with van der Waals surface area (Å²) in [5, 5.41) is 1.23. The fourth-order valence-corrected chi connectivity index (χ4v) is 5.37. The Morgan fingerprint density at radius 2 is 1.92 bits per heavy atom.